The van der Waals surface area contributed by atoms with Crippen molar-refractivity contribution in [3.8, 4) is 0 Å². The van der Waals surface area contributed by atoms with Crippen LogP contribution in [0.15, 0.2) is 12.2 Å². The minimum atomic E-state index is -0.781. The van der Waals surface area contributed by atoms with Gasteiger partial charge in [-0.1, -0.05) is 213 Å². The molecule has 0 radical (unpaired) electrons. The number of aliphatic hydroxyl groups is 2. The molecule has 0 aromatic rings. The molecular formula is C49H95NO5. The summed E-state index contributed by atoms with van der Waals surface area (Å²) < 4.78 is 5.89. The number of allylic oxidation sites excluding steroid dienone is 2. The number of ether oxygens (including phenoxy) is 1. The summed E-state index contributed by atoms with van der Waals surface area (Å²) >= 11 is 0. The smallest absolute Gasteiger partial charge is 0.306 e. The first-order chi connectivity index (χ1) is 27.0. The maximum atomic E-state index is 13.1. The van der Waals surface area contributed by atoms with Gasteiger partial charge in [-0.3, -0.25) is 9.59 Å². The van der Waals surface area contributed by atoms with Crippen LogP contribution in [0.3, 0.4) is 0 Å². The molecule has 0 saturated carbocycles. The van der Waals surface area contributed by atoms with Gasteiger partial charge in [-0.15, -0.1) is 0 Å². The van der Waals surface area contributed by atoms with Gasteiger partial charge < -0.3 is 20.3 Å². The first kappa shape index (κ1) is 53.6. The molecule has 0 bridgehead atoms. The molecule has 0 aliphatic carbocycles. The zero-order chi connectivity index (χ0) is 40.3. The number of carbonyl (C=O) groups excluding carboxylic acids is 2. The molecule has 0 saturated heterocycles. The van der Waals surface area contributed by atoms with Gasteiger partial charge in [0.05, 0.1) is 25.2 Å². The third kappa shape index (κ3) is 39.2. The Bertz CT molecular complexity index is 832. The Kier molecular flexibility index (Phi) is 42.6. The number of unbranched alkanes of at least 4 members (excludes halogenated alkanes) is 30. The van der Waals surface area contributed by atoms with Crippen LogP contribution in [-0.4, -0.2) is 46.9 Å². The maximum Gasteiger partial charge on any atom is 0.306 e. The lowest BCUT2D eigenvalue weighted by Crippen LogP contribution is -2.46. The predicted molar refractivity (Wildman–Crippen MR) is 237 cm³/mol. The molecule has 55 heavy (non-hydrogen) atoms. The van der Waals surface area contributed by atoms with Gasteiger partial charge in [0.1, 0.15) is 6.10 Å². The van der Waals surface area contributed by atoms with Crippen molar-refractivity contribution in [1.29, 1.82) is 0 Å². The molecule has 0 heterocycles. The average Bonchev–Trinajstić information content (AvgIpc) is 3.18. The van der Waals surface area contributed by atoms with Gasteiger partial charge in [0.25, 0.3) is 0 Å². The monoisotopic (exact) mass is 778 g/mol. The molecule has 0 aromatic carbocycles. The van der Waals surface area contributed by atoms with Gasteiger partial charge >= 0.3 is 5.97 Å². The largest absolute Gasteiger partial charge is 0.462 e. The minimum Gasteiger partial charge on any atom is -0.462 e. The molecule has 0 aliphatic heterocycles. The van der Waals surface area contributed by atoms with Crippen LogP contribution in [0.25, 0.3) is 0 Å². The van der Waals surface area contributed by atoms with Gasteiger partial charge in [0.15, 0.2) is 0 Å². The van der Waals surface area contributed by atoms with Crippen molar-refractivity contribution in [3.63, 3.8) is 0 Å². The number of amides is 1. The second-order valence-electron chi connectivity index (χ2n) is 16.9. The van der Waals surface area contributed by atoms with E-state index < -0.39 is 18.2 Å². The SMILES string of the molecule is CCCCC/C=C\CCCCCCCC(=O)OC(CCCCCCCCCC)CC(=O)NC(CO)C(O)CCCCCCCCCCCCCCCCCC. The van der Waals surface area contributed by atoms with E-state index in [1.807, 2.05) is 0 Å². The maximum absolute atomic E-state index is 13.1. The Morgan fingerprint density at radius 2 is 0.873 bits per heavy atom. The lowest BCUT2D eigenvalue weighted by atomic mass is 10.0. The quantitative estimate of drug-likeness (QED) is 0.0325. The molecule has 6 heteroatoms. The third-order valence-corrected chi connectivity index (χ3v) is 11.3. The summed E-state index contributed by atoms with van der Waals surface area (Å²) in [6, 6.07) is -0.695. The van der Waals surface area contributed by atoms with Crippen molar-refractivity contribution in [1.82, 2.24) is 5.32 Å². The van der Waals surface area contributed by atoms with E-state index in [1.165, 1.54) is 167 Å². The normalized spacial score (nSPS) is 13.3. The van der Waals surface area contributed by atoms with E-state index in [-0.39, 0.29) is 24.9 Å². The van der Waals surface area contributed by atoms with E-state index in [1.54, 1.807) is 0 Å². The zero-order valence-electron chi connectivity index (χ0n) is 37.1. The summed E-state index contributed by atoms with van der Waals surface area (Å²) in [5.41, 5.74) is 0. The third-order valence-electron chi connectivity index (χ3n) is 11.3. The fourth-order valence-corrected chi connectivity index (χ4v) is 7.60. The predicted octanol–water partition coefficient (Wildman–Crippen LogP) is 14.2. The van der Waals surface area contributed by atoms with Crippen LogP contribution in [-0.2, 0) is 14.3 Å². The van der Waals surface area contributed by atoms with E-state index in [9.17, 15) is 19.8 Å². The first-order valence-electron chi connectivity index (χ1n) is 24.4. The van der Waals surface area contributed by atoms with Crippen molar-refractivity contribution < 1.29 is 24.5 Å². The van der Waals surface area contributed by atoms with Crippen molar-refractivity contribution in [2.45, 2.75) is 283 Å². The van der Waals surface area contributed by atoms with E-state index in [2.05, 4.69) is 38.2 Å². The molecule has 6 nitrogen and oxygen atoms in total. The highest BCUT2D eigenvalue weighted by Crippen LogP contribution is 2.18. The van der Waals surface area contributed by atoms with E-state index in [0.717, 1.165) is 51.4 Å². The summed E-state index contributed by atoms with van der Waals surface area (Å²) in [6.45, 7) is 6.45. The number of carbonyl (C=O) groups is 2. The Morgan fingerprint density at radius 3 is 1.33 bits per heavy atom. The Hall–Kier alpha value is -1.40. The summed E-state index contributed by atoms with van der Waals surface area (Å²) in [7, 11) is 0. The highest BCUT2D eigenvalue weighted by Gasteiger charge is 2.24. The molecule has 326 valence electrons. The number of hydrogen-bond donors (Lipinski definition) is 3. The van der Waals surface area contributed by atoms with Crippen LogP contribution in [0, 0.1) is 0 Å². The van der Waals surface area contributed by atoms with Crippen molar-refractivity contribution in [2.75, 3.05) is 6.61 Å². The standard InChI is InChI=1S/C49H95NO5/c1-4-7-10-13-16-19-21-23-24-25-26-27-29-32-35-38-41-47(52)46(44-51)50-48(53)43-45(40-37-34-31-18-15-12-9-6-3)55-49(54)42-39-36-33-30-28-22-20-17-14-11-8-5-2/h17,20,45-47,51-52H,4-16,18-19,21-44H2,1-3H3,(H,50,53)/b20-17-. The summed E-state index contributed by atoms with van der Waals surface area (Å²) in [5.74, 6) is -0.475. The molecule has 3 unspecified atom stereocenters. The molecule has 0 rings (SSSR count). The average molecular weight is 778 g/mol. The van der Waals surface area contributed by atoms with E-state index >= 15 is 0 Å². The number of nitrogens with one attached hydrogen (secondary N) is 1. The van der Waals surface area contributed by atoms with Gasteiger partial charge in [0.2, 0.25) is 5.91 Å². The van der Waals surface area contributed by atoms with Crippen LogP contribution < -0.4 is 5.32 Å². The fourth-order valence-electron chi connectivity index (χ4n) is 7.60. The van der Waals surface area contributed by atoms with Crippen molar-refractivity contribution in [2.24, 2.45) is 0 Å². The number of hydrogen-bond acceptors (Lipinski definition) is 5. The molecule has 1 amide bonds. The summed E-state index contributed by atoms with van der Waals surface area (Å²) in [5, 5.41) is 23.7. The van der Waals surface area contributed by atoms with Crippen molar-refractivity contribution in [3.05, 3.63) is 12.2 Å². The van der Waals surface area contributed by atoms with E-state index in [4.69, 9.17) is 4.74 Å². The van der Waals surface area contributed by atoms with Gasteiger partial charge in [-0.2, -0.15) is 0 Å². The Morgan fingerprint density at radius 1 is 0.509 bits per heavy atom. The van der Waals surface area contributed by atoms with Crippen LogP contribution >= 0.6 is 0 Å². The van der Waals surface area contributed by atoms with Gasteiger partial charge in [-0.25, -0.2) is 0 Å². The van der Waals surface area contributed by atoms with Crippen LogP contribution in [0.2, 0.25) is 0 Å². The second-order valence-corrected chi connectivity index (χ2v) is 16.9. The van der Waals surface area contributed by atoms with Crippen LogP contribution in [0.4, 0.5) is 0 Å². The minimum absolute atomic E-state index is 0.0798. The fraction of sp³-hybridized carbons (Fsp3) is 0.918. The first-order valence-corrected chi connectivity index (χ1v) is 24.4. The van der Waals surface area contributed by atoms with E-state index in [0.29, 0.717) is 19.3 Å². The van der Waals surface area contributed by atoms with Crippen LogP contribution in [0.5, 0.6) is 0 Å². The number of esters is 1. The molecule has 3 N–H and O–H groups in total. The zero-order valence-corrected chi connectivity index (χ0v) is 37.1. The summed E-state index contributed by atoms with van der Waals surface area (Å²) in [4.78, 5) is 25.9. The Balaban J connectivity index is 4.39. The lowest BCUT2D eigenvalue weighted by molar-refractivity contribution is -0.151. The Labute approximate surface area is 342 Å². The molecule has 0 aliphatic rings. The highest BCUT2D eigenvalue weighted by molar-refractivity contribution is 5.77. The molecule has 0 spiro atoms. The second kappa shape index (κ2) is 43.7. The molecular weight excluding hydrogens is 683 g/mol. The number of rotatable bonds is 44. The number of aliphatic hydroxyl groups excluding tert-OH is 2. The van der Waals surface area contributed by atoms with Crippen molar-refractivity contribution >= 4 is 11.9 Å². The molecule has 0 aromatic heterocycles. The van der Waals surface area contributed by atoms with Gasteiger partial charge in [0, 0.05) is 6.42 Å². The molecule has 0 fully saturated rings. The van der Waals surface area contributed by atoms with Gasteiger partial charge in [-0.05, 0) is 51.4 Å². The highest BCUT2D eigenvalue weighted by atomic mass is 16.5. The topological polar surface area (TPSA) is 95.9 Å². The van der Waals surface area contributed by atoms with Crippen LogP contribution in [0.1, 0.15) is 265 Å². The lowest BCUT2D eigenvalue weighted by Gasteiger charge is -2.24. The molecule has 3 atom stereocenters. The summed E-state index contributed by atoms with van der Waals surface area (Å²) in [6.07, 6.45) is 47.0.